The minimum Gasteiger partial charge on any atom is -0.504 e. The summed E-state index contributed by atoms with van der Waals surface area (Å²) < 4.78 is 6.32. The van der Waals surface area contributed by atoms with Gasteiger partial charge < -0.3 is 30.7 Å². The van der Waals surface area contributed by atoms with Gasteiger partial charge >= 0.3 is 0 Å². The van der Waals surface area contributed by atoms with Gasteiger partial charge in [-0.3, -0.25) is 0 Å². The van der Waals surface area contributed by atoms with Crippen LogP contribution in [0.4, 0.5) is 0 Å². The Morgan fingerprint density at radius 2 is 2.04 bits per heavy atom. The number of nitrogens with one attached hydrogen (secondary N) is 2. The zero-order chi connectivity index (χ0) is 18.8. The molecule has 4 aliphatic rings. The van der Waals surface area contributed by atoms with Gasteiger partial charge in [-0.1, -0.05) is 6.07 Å². The van der Waals surface area contributed by atoms with E-state index in [-0.39, 0.29) is 30.5 Å². The van der Waals surface area contributed by atoms with E-state index >= 15 is 0 Å². The SMILES string of the molecule is C[C@@]12c3c4ccc(O)c3OC1C(NCCO)CC[C@]2(O)[C@@H](NCC1CC1)C4. The molecule has 0 bridgehead atoms. The van der Waals surface area contributed by atoms with Crippen molar-refractivity contribution in [3.05, 3.63) is 23.3 Å². The van der Waals surface area contributed by atoms with Crippen molar-refractivity contribution >= 4 is 0 Å². The summed E-state index contributed by atoms with van der Waals surface area (Å²) in [4.78, 5) is 0. The second-order valence-electron chi connectivity index (χ2n) is 9.04. The predicted molar refractivity (Wildman–Crippen MR) is 101 cm³/mol. The summed E-state index contributed by atoms with van der Waals surface area (Å²) in [6.45, 7) is 3.63. The van der Waals surface area contributed by atoms with Crippen molar-refractivity contribution in [3.63, 3.8) is 0 Å². The van der Waals surface area contributed by atoms with Gasteiger partial charge in [0.15, 0.2) is 11.5 Å². The van der Waals surface area contributed by atoms with E-state index < -0.39 is 11.0 Å². The third-order valence-electron chi connectivity index (χ3n) is 7.53. The molecule has 1 heterocycles. The lowest BCUT2D eigenvalue weighted by Crippen LogP contribution is -2.73. The predicted octanol–water partition coefficient (Wildman–Crippen LogP) is 0.811. The van der Waals surface area contributed by atoms with E-state index in [0.717, 1.165) is 36.4 Å². The van der Waals surface area contributed by atoms with E-state index in [1.54, 1.807) is 6.07 Å². The maximum absolute atomic E-state index is 12.0. The summed E-state index contributed by atoms with van der Waals surface area (Å²) >= 11 is 0. The van der Waals surface area contributed by atoms with Gasteiger partial charge in [0.1, 0.15) is 6.10 Å². The first kappa shape index (κ1) is 17.7. The van der Waals surface area contributed by atoms with Gasteiger partial charge in [-0.15, -0.1) is 0 Å². The normalized spacial score (nSPS) is 39.1. The van der Waals surface area contributed by atoms with Crippen LogP contribution in [0, 0.1) is 5.92 Å². The Bertz CT molecular complexity index is 752. The van der Waals surface area contributed by atoms with Gasteiger partial charge in [0.2, 0.25) is 0 Å². The molecule has 0 spiro atoms. The van der Waals surface area contributed by atoms with Crippen molar-refractivity contribution in [1.29, 1.82) is 0 Å². The van der Waals surface area contributed by atoms with Crippen molar-refractivity contribution in [2.75, 3.05) is 19.7 Å². The molecule has 0 amide bonds. The Hall–Kier alpha value is -1.34. The fourth-order valence-corrected chi connectivity index (χ4v) is 5.85. The molecular formula is C21H30N2O4. The van der Waals surface area contributed by atoms with Crippen LogP contribution in [0.2, 0.25) is 0 Å². The maximum atomic E-state index is 12.0. The van der Waals surface area contributed by atoms with E-state index in [9.17, 15) is 15.3 Å². The van der Waals surface area contributed by atoms with Crippen LogP contribution in [0.5, 0.6) is 11.5 Å². The molecule has 1 aromatic carbocycles. The van der Waals surface area contributed by atoms with Crippen LogP contribution < -0.4 is 15.4 Å². The lowest BCUT2D eigenvalue weighted by Gasteiger charge is -2.57. The minimum atomic E-state index is -0.921. The highest BCUT2D eigenvalue weighted by Crippen LogP contribution is 2.61. The highest BCUT2D eigenvalue weighted by atomic mass is 16.5. The molecule has 2 fully saturated rings. The Balaban J connectivity index is 1.58. The van der Waals surface area contributed by atoms with E-state index in [2.05, 4.69) is 17.6 Å². The van der Waals surface area contributed by atoms with E-state index in [1.165, 1.54) is 12.8 Å². The molecule has 6 nitrogen and oxygen atoms in total. The molecule has 0 aromatic heterocycles. The lowest BCUT2D eigenvalue weighted by molar-refractivity contribution is -0.134. The molecule has 1 aromatic rings. The Morgan fingerprint density at radius 3 is 2.78 bits per heavy atom. The van der Waals surface area contributed by atoms with Crippen LogP contribution >= 0.6 is 0 Å². The van der Waals surface area contributed by atoms with Crippen LogP contribution in [0.15, 0.2) is 12.1 Å². The van der Waals surface area contributed by atoms with Gasteiger partial charge in [-0.2, -0.15) is 0 Å². The molecular weight excluding hydrogens is 344 g/mol. The number of aliphatic hydroxyl groups excluding tert-OH is 1. The summed E-state index contributed by atoms with van der Waals surface area (Å²) in [7, 11) is 0. The maximum Gasteiger partial charge on any atom is 0.165 e. The third-order valence-corrected chi connectivity index (χ3v) is 7.53. The first-order chi connectivity index (χ1) is 13.0. The second kappa shape index (κ2) is 6.08. The molecule has 1 aliphatic heterocycles. The molecule has 148 valence electrons. The van der Waals surface area contributed by atoms with E-state index in [1.807, 2.05) is 6.07 Å². The fraction of sp³-hybridized carbons (Fsp3) is 0.714. The van der Waals surface area contributed by atoms with E-state index in [4.69, 9.17) is 4.74 Å². The Labute approximate surface area is 159 Å². The van der Waals surface area contributed by atoms with Crippen molar-refractivity contribution in [2.45, 2.75) is 68.2 Å². The summed E-state index contributed by atoms with van der Waals surface area (Å²) in [5.41, 5.74) is 0.626. The molecule has 2 saturated carbocycles. The zero-order valence-electron chi connectivity index (χ0n) is 15.9. The van der Waals surface area contributed by atoms with Crippen LogP contribution in [0.3, 0.4) is 0 Å². The van der Waals surface area contributed by atoms with Gasteiger partial charge in [-0.25, -0.2) is 0 Å². The summed E-state index contributed by atoms with van der Waals surface area (Å²) in [5, 5.41) is 38.8. The zero-order valence-corrected chi connectivity index (χ0v) is 15.9. The molecule has 5 rings (SSSR count). The highest BCUT2D eigenvalue weighted by Gasteiger charge is 2.68. The summed E-state index contributed by atoms with van der Waals surface area (Å²) in [6, 6.07) is 3.72. The van der Waals surface area contributed by atoms with Crippen LogP contribution in [0.1, 0.15) is 43.7 Å². The number of hydrogen-bond acceptors (Lipinski definition) is 6. The van der Waals surface area contributed by atoms with Gasteiger partial charge in [0, 0.05) is 24.2 Å². The Kier molecular flexibility index (Phi) is 3.99. The Morgan fingerprint density at radius 1 is 1.22 bits per heavy atom. The van der Waals surface area contributed by atoms with Crippen molar-refractivity contribution in [1.82, 2.24) is 10.6 Å². The second-order valence-corrected chi connectivity index (χ2v) is 9.04. The van der Waals surface area contributed by atoms with Crippen molar-refractivity contribution in [2.24, 2.45) is 5.92 Å². The first-order valence-corrected chi connectivity index (χ1v) is 10.3. The topological polar surface area (TPSA) is 94.0 Å². The number of ether oxygens (including phenoxy) is 1. The first-order valence-electron chi connectivity index (χ1n) is 10.3. The fourth-order valence-electron chi connectivity index (χ4n) is 5.85. The number of phenols is 1. The molecule has 0 saturated heterocycles. The van der Waals surface area contributed by atoms with Crippen LogP contribution in [-0.4, -0.2) is 58.8 Å². The van der Waals surface area contributed by atoms with Gasteiger partial charge in [0.25, 0.3) is 0 Å². The standard InChI is InChI=1S/C21H30N2O4/c1-20-17-13-4-5-15(25)18(17)27-19(20)14(22-8-9-24)6-7-21(20,26)16(10-13)23-11-12-2-3-12/h4-5,12,14,16,19,22-26H,2-3,6-11H2,1H3/t14?,16-,19?,20+,21-/m0/s1. The number of phenolic OH excluding ortho intramolecular Hbond substituents is 1. The quantitative estimate of drug-likeness (QED) is 0.506. The highest BCUT2D eigenvalue weighted by molar-refractivity contribution is 5.61. The van der Waals surface area contributed by atoms with Gasteiger partial charge in [-0.05, 0) is 63.1 Å². The lowest BCUT2D eigenvalue weighted by atomic mass is 9.52. The number of aliphatic hydroxyl groups is 2. The molecule has 6 heteroatoms. The molecule has 0 radical (unpaired) electrons. The largest absolute Gasteiger partial charge is 0.504 e. The summed E-state index contributed by atoms with van der Waals surface area (Å²) in [5.74, 6) is 1.44. The average Bonchev–Trinajstić information content (AvgIpc) is 3.42. The van der Waals surface area contributed by atoms with Crippen molar-refractivity contribution < 1.29 is 20.1 Å². The average molecular weight is 374 g/mol. The number of rotatable bonds is 6. The molecule has 5 N–H and O–H groups in total. The van der Waals surface area contributed by atoms with Gasteiger partial charge in [0.05, 0.1) is 17.6 Å². The van der Waals surface area contributed by atoms with E-state index in [0.29, 0.717) is 18.7 Å². The molecule has 27 heavy (non-hydrogen) atoms. The molecule has 5 atom stereocenters. The van der Waals surface area contributed by atoms with Crippen molar-refractivity contribution in [3.8, 4) is 11.5 Å². The monoisotopic (exact) mass is 374 g/mol. The number of hydrogen-bond donors (Lipinski definition) is 5. The third kappa shape index (κ3) is 2.40. The molecule has 2 unspecified atom stereocenters. The van der Waals surface area contributed by atoms with Crippen LogP contribution in [-0.2, 0) is 11.8 Å². The molecule has 3 aliphatic carbocycles. The minimum absolute atomic E-state index is 0.0176. The number of benzene rings is 1. The smallest absolute Gasteiger partial charge is 0.165 e. The number of aromatic hydroxyl groups is 1. The summed E-state index contributed by atoms with van der Waals surface area (Å²) in [6.07, 6.45) is 4.50. The van der Waals surface area contributed by atoms with Crippen LogP contribution in [0.25, 0.3) is 0 Å².